The van der Waals surface area contributed by atoms with Crippen LogP contribution in [0.25, 0.3) is 0 Å². The van der Waals surface area contributed by atoms with Gasteiger partial charge in [-0.25, -0.2) is 0 Å². The largest absolute Gasteiger partial charge is 0.432 e. The van der Waals surface area contributed by atoms with Crippen molar-refractivity contribution in [2.75, 3.05) is 23.4 Å². The van der Waals surface area contributed by atoms with Crippen molar-refractivity contribution in [2.45, 2.75) is 69.2 Å². The number of nitrogens with zero attached hydrogens (tertiary/aromatic N) is 4. The van der Waals surface area contributed by atoms with Crippen LogP contribution in [0.5, 0.6) is 0 Å². The van der Waals surface area contributed by atoms with E-state index in [4.69, 9.17) is 4.74 Å². The summed E-state index contributed by atoms with van der Waals surface area (Å²) in [6.07, 6.45) is 2.26. The fourth-order valence-electron chi connectivity index (χ4n) is 6.88. The van der Waals surface area contributed by atoms with Crippen LogP contribution in [-0.4, -0.2) is 75.5 Å². The highest BCUT2D eigenvalue weighted by molar-refractivity contribution is 6.71. The normalized spacial score (nSPS) is 24.4. The number of aliphatic hydroxyl groups excluding tert-OH is 2. The first-order valence-corrected chi connectivity index (χ1v) is 18.0. The average molecular weight is 620 g/mol. The highest BCUT2D eigenvalue weighted by Gasteiger charge is 2.66. The number of rotatable bonds is 11. The predicted molar refractivity (Wildman–Crippen MR) is 168 cm³/mol. The smallest absolute Gasteiger partial charge is 0.264 e. The molecular formula is C32H41N5O6Si. The van der Waals surface area contributed by atoms with Gasteiger partial charge >= 0.3 is 0 Å². The lowest BCUT2D eigenvalue weighted by Crippen LogP contribution is -2.46. The van der Waals surface area contributed by atoms with E-state index in [1.54, 1.807) is 33.9 Å². The number of hydrogen-bond donors (Lipinski definition) is 4. The number of anilines is 2. The van der Waals surface area contributed by atoms with Gasteiger partial charge in [-0.3, -0.25) is 14.3 Å². The van der Waals surface area contributed by atoms with Gasteiger partial charge in [0.1, 0.15) is 6.10 Å². The third-order valence-corrected chi connectivity index (χ3v) is 11.4. The predicted octanol–water partition coefficient (Wildman–Crippen LogP) is 3.14. The molecule has 0 radical (unpaired) electrons. The maximum absolute atomic E-state index is 14.3. The summed E-state index contributed by atoms with van der Waals surface area (Å²) in [5.74, 6) is -1.49. The lowest BCUT2D eigenvalue weighted by atomic mass is 9.82. The lowest BCUT2D eigenvalue weighted by molar-refractivity contribution is -0.145. The van der Waals surface area contributed by atoms with Gasteiger partial charge in [-0.1, -0.05) is 48.5 Å². The minimum atomic E-state index is -2.89. The second-order valence-electron chi connectivity index (χ2n) is 12.3. The number of nitrogens with one attached hydrogen (secondary N) is 1. The number of carbonyl (C=O) groups excluding carboxylic acids is 2. The van der Waals surface area contributed by atoms with E-state index in [9.17, 15) is 24.6 Å². The van der Waals surface area contributed by atoms with Crippen LogP contribution in [0.1, 0.15) is 43.0 Å². The Balaban J connectivity index is 1.46. The highest BCUT2D eigenvalue weighted by atomic mass is 28.4. The van der Waals surface area contributed by atoms with Gasteiger partial charge in [-0.15, -0.1) is 11.7 Å². The topological polar surface area (TPSA) is 150 Å². The van der Waals surface area contributed by atoms with Crippen LogP contribution in [0.3, 0.4) is 0 Å². The van der Waals surface area contributed by atoms with Gasteiger partial charge in [0.2, 0.25) is 0 Å². The summed E-state index contributed by atoms with van der Waals surface area (Å²) in [5.41, 5.74) is 1.62. The summed E-state index contributed by atoms with van der Waals surface area (Å²) in [6, 6.07) is 14.8. The Bertz CT molecular complexity index is 1520. The van der Waals surface area contributed by atoms with E-state index in [1.165, 1.54) is 6.92 Å². The SMILES string of the molecule is C=CCN1C(=O)[C@@]2(O[C@@H](CCn3cc(C(CO)c4ccccc4)nn3)[C@H]([Si](C)(C)O)[C@H]2C)c2cc(NC(=O)[C@H](C)O)ccc21. The van der Waals surface area contributed by atoms with Gasteiger partial charge in [0.15, 0.2) is 13.9 Å². The molecule has 12 heteroatoms. The van der Waals surface area contributed by atoms with Crippen molar-refractivity contribution in [3.8, 4) is 0 Å². The zero-order valence-electron chi connectivity index (χ0n) is 25.6. The lowest BCUT2D eigenvalue weighted by Gasteiger charge is -2.32. The second-order valence-corrected chi connectivity index (χ2v) is 16.3. The van der Waals surface area contributed by atoms with Crippen LogP contribution in [0, 0.1) is 5.92 Å². The van der Waals surface area contributed by atoms with Gasteiger partial charge in [-0.05, 0) is 50.2 Å². The molecule has 5 rings (SSSR count). The molecule has 1 saturated heterocycles. The molecule has 1 aromatic heterocycles. The van der Waals surface area contributed by atoms with Crippen molar-refractivity contribution in [3.63, 3.8) is 0 Å². The van der Waals surface area contributed by atoms with Gasteiger partial charge in [0, 0.05) is 42.0 Å². The monoisotopic (exact) mass is 619 g/mol. The van der Waals surface area contributed by atoms with E-state index < -0.39 is 32.0 Å². The first kappa shape index (κ1) is 31.7. The zero-order valence-corrected chi connectivity index (χ0v) is 26.6. The molecule has 4 N–H and O–H groups in total. The third kappa shape index (κ3) is 5.63. The molecular weight excluding hydrogens is 578 g/mol. The van der Waals surface area contributed by atoms with Crippen molar-refractivity contribution in [2.24, 2.45) is 5.92 Å². The van der Waals surface area contributed by atoms with Crippen molar-refractivity contribution in [3.05, 3.63) is 84.2 Å². The number of aryl methyl sites for hydroxylation is 1. The fourth-order valence-corrected chi connectivity index (χ4v) is 9.48. The number of fused-ring (bicyclic) bond motifs is 2. The summed E-state index contributed by atoms with van der Waals surface area (Å²) < 4.78 is 8.55. The fraction of sp³-hybridized carbons (Fsp3) is 0.438. The molecule has 0 saturated carbocycles. The molecule has 3 heterocycles. The Labute approximate surface area is 258 Å². The van der Waals surface area contributed by atoms with Gasteiger partial charge in [0.05, 0.1) is 30.0 Å². The summed E-state index contributed by atoms with van der Waals surface area (Å²) in [5, 5.41) is 31.2. The number of amides is 2. The highest BCUT2D eigenvalue weighted by Crippen LogP contribution is 2.60. The van der Waals surface area contributed by atoms with Crippen molar-refractivity contribution >= 4 is 31.5 Å². The molecule has 0 bridgehead atoms. The Morgan fingerprint density at radius 2 is 1.98 bits per heavy atom. The molecule has 2 aliphatic rings. The Morgan fingerprint density at radius 3 is 2.61 bits per heavy atom. The molecule has 1 spiro atoms. The molecule has 44 heavy (non-hydrogen) atoms. The quantitative estimate of drug-likeness (QED) is 0.189. The number of aliphatic hydroxyl groups is 2. The molecule has 0 aliphatic carbocycles. The average Bonchev–Trinajstić information content (AvgIpc) is 3.63. The number of hydrogen-bond acceptors (Lipinski definition) is 8. The Hall–Kier alpha value is -3.68. The molecule has 234 valence electrons. The molecule has 11 nitrogen and oxygen atoms in total. The van der Waals surface area contributed by atoms with E-state index in [1.807, 2.05) is 56.5 Å². The van der Waals surface area contributed by atoms with E-state index in [-0.39, 0.29) is 36.4 Å². The maximum atomic E-state index is 14.3. The third-order valence-electron chi connectivity index (χ3n) is 8.88. The van der Waals surface area contributed by atoms with Crippen LogP contribution in [-0.2, 0) is 26.5 Å². The molecule has 2 amide bonds. The summed E-state index contributed by atoms with van der Waals surface area (Å²) in [6.45, 7) is 11.5. The second kappa shape index (κ2) is 12.4. The maximum Gasteiger partial charge on any atom is 0.264 e. The molecule has 6 atom stereocenters. The molecule has 1 unspecified atom stereocenters. The number of carbonyl (C=O) groups is 2. The van der Waals surface area contributed by atoms with Gasteiger partial charge < -0.3 is 30.0 Å². The summed E-state index contributed by atoms with van der Waals surface area (Å²) in [7, 11) is -2.89. The van der Waals surface area contributed by atoms with Crippen molar-refractivity contribution in [1.82, 2.24) is 15.0 Å². The molecule has 1 fully saturated rings. The first-order chi connectivity index (χ1) is 20.9. The van der Waals surface area contributed by atoms with Gasteiger partial charge in [-0.2, -0.15) is 0 Å². The molecule has 2 aliphatic heterocycles. The number of ether oxygens (including phenoxy) is 1. The van der Waals surface area contributed by atoms with Crippen molar-refractivity contribution in [1.29, 1.82) is 0 Å². The van der Waals surface area contributed by atoms with Crippen LogP contribution in [0.15, 0.2) is 67.4 Å². The standard InChI is InChI=1S/C32H41N5O6Si/c1-6-15-37-27-13-12-23(33-30(40)21(3)39)17-25(27)32(31(37)41)20(2)29(44(4,5)42)28(43-32)14-16-36-18-26(34-35-36)24(19-38)22-10-8-7-9-11-22/h6-13,17-18,20-21,24,28-29,38-39,42H,1,14-16,19H2,2-5H3,(H,33,40)/t20-,21+,24?,28+,29-,32+/m1/s1. The summed E-state index contributed by atoms with van der Waals surface area (Å²) in [4.78, 5) is 39.7. The minimum absolute atomic E-state index is 0.108. The van der Waals surface area contributed by atoms with Crippen molar-refractivity contribution < 1.29 is 29.3 Å². The first-order valence-electron chi connectivity index (χ1n) is 14.9. The molecule has 2 aromatic carbocycles. The Morgan fingerprint density at radius 1 is 1.25 bits per heavy atom. The van der Waals surface area contributed by atoms with E-state index in [0.29, 0.717) is 35.6 Å². The van der Waals surface area contributed by atoms with Crippen LogP contribution in [0.4, 0.5) is 11.4 Å². The minimum Gasteiger partial charge on any atom is -0.432 e. The van der Waals surface area contributed by atoms with E-state index >= 15 is 0 Å². The number of aromatic nitrogens is 3. The van der Waals surface area contributed by atoms with Crippen LogP contribution in [0.2, 0.25) is 18.6 Å². The molecule has 3 aromatic rings. The van der Waals surface area contributed by atoms with E-state index in [0.717, 1.165) is 5.56 Å². The van der Waals surface area contributed by atoms with Gasteiger partial charge in [0.25, 0.3) is 11.8 Å². The van der Waals surface area contributed by atoms with E-state index in [2.05, 4.69) is 22.2 Å². The number of benzene rings is 2. The Kier molecular flexibility index (Phi) is 8.92. The zero-order chi connectivity index (χ0) is 31.8. The van der Waals surface area contributed by atoms with Crippen LogP contribution < -0.4 is 10.2 Å². The summed E-state index contributed by atoms with van der Waals surface area (Å²) >= 11 is 0. The van der Waals surface area contributed by atoms with Crippen LogP contribution >= 0.6 is 0 Å².